The summed E-state index contributed by atoms with van der Waals surface area (Å²) in [5.41, 5.74) is 4.53. The average molecular weight is 292 g/mol. The number of hydrogen-bond donors (Lipinski definition) is 0. The number of nitrogens with zero attached hydrogens (tertiary/aromatic N) is 4. The molecule has 0 saturated heterocycles. The summed E-state index contributed by atoms with van der Waals surface area (Å²) in [5.74, 6) is 2.23. The summed E-state index contributed by atoms with van der Waals surface area (Å²) in [4.78, 5) is 6.78. The number of aryl methyl sites for hydroxylation is 1. The molecule has 0 amide bonds. The predicted octanol–water partition coefficient (Wildman–Crippen LogP) is 3.10. The Bertz CT molecular complexity index is 823. The van der Waals surface area contributed by atoms with E-state index in [-0.39, 0.29) is 0 Å². The SMILES string of the molecule is Cc1nnc(-c2ccc(-c3cnc4c(c3)CCN4C)cc2)o1. The zero-order chi connectivity index (χ0) is 15.1. The van der Waals surface area contributed by atoms with Crippen molar-refractivity contribution in [3.8, 4) is 22.6 Å². The van der Waals surface area contributed by atoms with Gasteiger partial charge < -0.3 is 9.32 Å². The monoisotopic (exact) mass is 292 g/mol. The molecule has 1 aliphatic heterocycles. The van der Waals surface area contributed by atoms with Crippen LogP contribution in [-0.2, 0) is 6.42 Å². The lowest BCUT2D eigenvalue weighted by molar-refractivity contribution is 0.533. The van der Waals surface area contributed by atoms with Crippen LogP contribution in [0.3, 0.4) is 0 Å². The molecule has 0 saturated carbocycles. The number of likely N-dealkylation sites (N-methyl/N-ethyl adjacent to an activating group) is 1. The maximum atomic E-state index is 5.45. The van der Waals surface area contributed by atoms with E-state index in [1.165, 1.54) is 5.56 Å². The molecular formula is C17H16N4O. The Kier molecular flexibility index (Phi) is 2.92. The van der Waals surface area contributed by atoms with Gasteiger partial charge in [0.1, 0.15) is 5.82 Å². The Morgan fingerprint density at radius 1 is 1.05 bits per heavy atom. The summed E-state index contributed by atoms with van der Waals surface area (Å²) in [6.45, 7) is 2.83. The molecule has 0 unspecified atom stereocenters. The normalized spacial score (nSPS) is 13.5. The van der Waals surface area contributed by atoms with Gasteiger partial charge in [-0.05, 0) is 35.7 Å². The van der Waals surface area contributed by atoms with Crippen molar-refractivity contribution in [2.45, 2.75) is 13.3 Å². The summed E-state index contributed by atoms with van der Waals surface area (Å²) in [7, 11) is 2.08. The van der Waals surface area contributed by atoms with Gasteiger partial charge in [0.15, 0.2) is 0 Å². The number of hydrogen-bond acceptors (Lipinski definition) is 5. The molecule has 0 atom stereocenters. The highest BCUT2D eigenvalue weighted by molar-refractivity contribution is 5.69. The van der Waals surface area contributed by atoms with Crippen LogP contribution in [0.15, 0.2) is 40.9 Å². The van der Waals surface area contributed by atoms with Crippen molar-refractivity contribution in [3.05, 3.63) is 48.0 Å². The first kappa shape index (κ1) is 13.0. The molecule has 0 N–H and O–H groups in total. The third-order valence-electron chi connectivity index (χ3n) is 4.01. The number of aromatic nitrogens is 3. The van der Waals surface area contributed by atoms with Crippen LogP contribution >= 0.6 is 0 Å². The minimum atomic E-state index is 0.553. The first-order chi connectivity index (χ1) is 10.7. The zero-order valence-electron chi connectivity index (χ0n) is 12.6. The van der Waals surface area contributed by atoms with Gasteiger partial charge in [-0.1, -0.05) is 12.1 Å². The second-order valence-corrected chi connectivity index (χ2v) is 5.58. The van der Waals surface area contributed by atoms with Crippen LogP contribution in [0.5, 0.6) is 0 Å². The molecule has 0 aliphatic carbocycles. The molecule has 1 aromatic carbocycles. The minimum Gasteiger partial charge on any atom is -0.421 e. The average Bonchev–Trinajstić information content (AvgIpc) is 3.14. The lowest BCUT2D eigenvalue weighted by Crippen LogP contribution is -2.13. The van der Waals surface area contributed by atoms with E-state index in [1.54, 1.807) is 6.92 Å². The Hall–Kier alpha value is -2.69. The molecule has 22 heavy (non-hydrogen) atoms. The molecular weight excluding hydrogens is 276 g/mol. The molecule has 5 heteroatoms. The number of anilines is 1. The summed E-state index contributed by atoms with van der Waals surface area (Å²) >= 11 is 0. The van der Waals surface area contributed by atoms with Crippen molar-refractivity contribution in [1.29, 1.82) is 0 Å². The Morgan fingerprint density at radius 2 is 1.82 bits per heavy atom. The molecule has 2 aromatic heterocycles. The lowest BCUT2D eigenvalue weighted by atomic mass is 10.0. The molecule has 0 spiro atoms. The van der Waals surface area contributed by atoms with E-state index < -0.39 is 0 Å². The highest BCUT2D eigenvalue weighted by atomic mass is 16.4. The highest BCUT2D eigenvalue weighted by Gasteiger charge is 2.17. The van der Waals surface area contributed by atoms with E-state index >= 15 is 0 Å². The van der Waals surface area contributed by atoms with E-state index in [0.29, 0.717) is 11.8 Å². The summed E-state index contributed by atoms with van der Waals surface area (Å²) in [6.07, 6.45) is 3.00. The maximum Gasteiger partial charge on any atom is 0.247 e. The second-order valence-electron chi connectivity index (χ2n) is 5.58. The fourth-order valence-electron chi connectivity index (χ4n) is 2.80. The van der Waals surface area contributed by atoms with Gasteiger partial charge in [0.25, 0.3) is 0 Å². The number of pyridine rings is 1. The molecule has 1 aliphatic rings. The van der Waals surface area contributed by atoms with Gasteiger partial charge in [0, 0.05) is 37.8 Å². The van der Waals surface area contributed by atoms with Crippen LogP contribution in [0.25, 0.3) is 22.6 Å². The van der Waals surface area contributed by atoms with Gasteiger partial charge in [-0.15, -0.1) is 10.2 Å². The van der Waals surface area contributed by atoms with Crippen LogP contribution in [0.4, 0.5) is 5.82 Å². The lowest BCUT2D eigenvalue weighted by Gasteiger charge is -2.11. The Morgan fingerprint density at radius 3 is 2.55 bits per heavy atom. The number of benzene rings is 1. The quantitative estimate of drug-likeness (QED) is 0.726. The fraction of sp³-hybridized carbons (Fsp3) is 0.235. The zero-order valence-corrected chi connectivity index (χ0v) is 12.6. The van der Waals surface area contributed by atoms with E-state index in [2.05, 4.69) is 45.3 Å². The van der Waals surface area contributed by atoms with Crippen LogP contribution in [0.1, 0.15) is 11.5 Å². The van der Waals surface area contributed by atoms with E-state index in [0.717, 1.165) is 35.5 Å². The summed E-state index contributed by atoms with van der Waals surface area (Å²) in [6, 6.07) is 10.4. The van der Waals surface area contributed by atoms with Crippen LogP contribution in [0.2, 0.25) is 0 Å². The van der Waals surface area contributed by atoms with Gasteiger partial charge in [-0.3, -0.25) is 0 Å². The molecule has 0 radical (unpaired) electrons. The van der Waals surface area contributed by atoms with Gasteiger partial charge in [0.2, 0.25) is 11.8 Å². The van der Waals surface area contributed by atoms with Crippen LogP contribution in [0, 0.1) is 6.92 Å². The highest BCUT2D eigenvalue weighted by Crippen LogP contribution is 2.30. The van der Waals surface area contributed by atoms with E-state index in [1.807, 2.05) is 18.3 Å². The summed E-state index contributed by atoms with van der Waals surface area (Å²) < 4.78 is 5.45. The van der Waals surface area contributed by atoms with E-state index in [4.69, 9.17) is 4.42 Å². The Labute approximate surface area is 128 Å². The van der Waals surface area contributed by atoms with Crippen molar-refractivity contribution in [1.82, 2.24) is 15.2 Å². The Balaban J connectivity index is 1.66. The van der Waals surface area contributed by atoms with Gasteiger partial charge in [0.05, 0.1) is 0 Å². The number of fused-ring (bicyclic) bond motifs is 1. The first-order valence-corrected chi connectivity index (χ1v) is 7.32. The molecule has 4 rings (SSSR count). The van der Waals surface area contributed by atoms with Crippen LogP contribution < -0.4 is 4.90 Å². The van der Waals surface area contributed by atoms with Gasteiger partial charge >= 0.3 is 0 Å². The molecule has 3 heterocycles. The minimum absolute atomic E-state index is 0.553. The second kappa shape index (κ2) is 4.94. The molecule has 5 nitrogen and oxygen atoms in total. The third kappa shape index (κ3) is 2.15. The molecule has 0 fully saturated rings. The largest absolute Gasteiger partial charge is 0.421 e. The standard InChI is InChI=1S/C17H16N4O/c1-11-19-20-17(22-11)13-5-3-12(4-6-13)15-9-14-7-8-21(2)16(14)18-10-15/h3-6,9-10H,7-8H2,1-2H3. The smallest absolute Gasteiger partial charge is 0.247 e. The molecule has 0 bridgehead atoms. The van der Waals surface area contributed by atoms with Crippen molar-refractivity contribution in [3.63, 3.8) is 0 Å². The molecule has 3 aromatic rings. The van der Waals surface area contributed by atoms with Crippen molar-refractivity contribution in [2.24, 2.45) is 0 Å². The fourth-order valence-corrected chi connectivity index (χ4v) is 2.80. The van der Waals surface area contributed by atoms with Crippen LogP contribution in [-0.4, -0.2) is 28.8 Å². The van der Waals surface area contributed by atoms with Gasteiger partial charge in [-0.2, -0.15) is 0 Å². The molecule has 110 valence electrons. The van der Waals surface area contributed by atoms with Crippen molar-refractivity contribution in [2.75, 3.05) is 18.5 Å². The van der Waals surface area contributed by atoms with E-state index in [9.17, 15) is 0 Å². The first-order valence-electron chi connectivity index (χ1n) is 7.32. The van der Waals surface area contributed by atoms with Crippen molar-refractivity contribution >= 4 is 5.82 Å². The van der Waals surface area contributed by atoms with Gasteiger partial charge in [-0.25, -0.2) is 4.98 Å². The maximum absolute atomic E-state index is 5.45. The topological polar surface area (TPSA) is 55.1 Å². The number of rotatable bonds is 2. The predicted molar refractivity (Wildman–Crippen MR) is 84.7 cm³/mol. The summed E-state index contributed by atoms with van der Waals surface area (Å²) in [5, 5.41) is 7.90. The third-order valence-corrected chi connectivity index (χ3v) is 4.01. The van der Waals surface area contributed by atoms with Crippen molar-refractivity contribution < 1.29 is 4.42 Å².